The van der Waals surface area contributed by atoms with Crippen LogP contribution in [0.2, 0.25) is 10.0 Å². The Kier molecular flexibility index (Phi) is 3.96. The maximum Gasteiger partial charge on any atom is 0.102 e. The quantitative estimate of drug-likeness (QED) is 0.546. The standard InChI is InChI=1S/C17H13Cl2N5/c18-14-2-1-12(9-15(14)19)17-13-10-20-4-3-16(13)24(22-17)8-7-23-6-5-21-11-23/h1-6,9-11H,7-8H2. The van der Waals surface area contributed by atoms with E-state index in [1.54, 1.807) is 24.8 Å². The molecule has 120 valence electrons. The first-order valence-electron chi connectivity index (χ1n) is 7.44. The lowest BCUT2D eigenvalue weighted by Crippen LogP contribution is -2.07. The summed E-state index contributed by atoms with van der Waals surface area (Å²) in [6.07, 6.45) is 9.11. The maximum atomic E-state index is 6.16. The van der Waals surface area contributed by atoms with Crippen LogP contribution in [0.4, 0.5) is 0 Å². The number of halogens is 2. The smallest absolute Gasteiger partial charge is 0.102 e. The molecule has 5 nitrogen and oxygen atoms in total. The molecule has 0 unspecified atom stereocenters. The molecule has 0 aliphatic carbocycles. The van der Waals surface area contributed by atoms with Gasteiger partial charge in [0.2, 0.25) is 0 Å². The molecule has 4 rings (SSSR count). The van der Waals surface area contributed by atoms with Gasteiger partial charge in [0, 0.05) is 42.3 Å². The Bertz CT molecular complexity index is 992. The largest absolute Gasteiger partial charge is 0.336 e. The first-order valence-corrected chi connectivity index (χ1v) is 8.19. The average molecular weight is 358 g/mol. The Morgan fingerprint density at radius 1 is 0.958 bits per heavy atom. The summed E-state index contributed by atoms with van der Waals surface area (Å²) in [6.45, 7) is 1.53. The number of fused-ring (bicyclic) bond motifs is 1. The van der Waals surface area contributed by atoms with Crippen molar-refractivity contribution >= 4 is 34.1 Å². The molecule has 0 saturated heterocycles. The topological polar surface area (TPSA) is 48.5 Å². The van der Waals surface area contributed by atoms with Crippen LogP contribution >= 0.6 is 23.2 Å². The third kappa shape index (κ3) is 2.77. The van der Waals surface area contributed by atoms with E-state index in [0.717, 1.165) is 35.2 Å². The molecule has 0 atom stereocenters. The molecule has 0 N–H and O–H groups in total. The van der Waals surface area contributed by atoms with Crippen LogP contribution in [-0.2, 0) is 13.1 Å². The van der Waals surface area contributed by atoms with Crippen LogP contribution in [-0.4, -0.2) is 24.3 Å². The zero-order valence-corrected chi connectivity index (χ0v) is 14.1. The third-order valence-electron chi connectivity index (χ3n) is 3.87. The van der Waals surface area contributed by atoms with Crippen molar-refractivity contribution in [2.45, 2.75) is 13.1 Å². The summed E-state index contributed by atoms with van der Waals surface area (Å²) < 4.78 is 4.00. The van der Waals surface area contributed by atoms with Crippen LogP contribution < -0.4 is 0 Å². The number of hydrogen-bond donors (Lipinski definition) is 0. The molecule has 0 saturated carbocycles. The third-order valence-corrected chi connectivity index (χ3v) is 4.61. The number of hydrogen-bond acceptors (Lipinski definition) is 3. The molecule has 3 aromatic heterocycles. The number of nitrogens with zero attached hydrogens (tertiary/aromatic N) is 5. The summed E-state index contributed by atoms with van der Waals surface area (Å²) in [5, 5.41) is 6.80. The minimum Gasteiger partial charge on any atom is -0.336 e. The summed E-state index contributed by atoms with van der Waals surface area (Å²) in [7, 11) is 0. The van der Waals surface area contributed by atoms with Crippen LogP contribution in [0.25, 0.3) is 22.2 Å². The van der Waals surface area contributed by atoms with Gasteiger partial charge in [0.1, 0.15) is 5.69 Å². The Hall–Kier alpha value is -2.37. The first-order chi connectivity index (χ1) is 11.7. The van der Waals surface area contributed by atoms with Gasteiger partial charge in [-0.2, -0.15) is 5.10 Å². The average Bonchev–Trinajstić information content (AvgIpc) is 3.23. The van der Waals surface area contributed by atoms with E-state index in [-0.39, 0.29) is 0 Å². The summed E-state index contributed by atoms with van der Waals surface area (Å²) >= 11 is 12.2. The summed E-state index contributed by atoms with van der Waals surface area (Å²) in [5.74, 6) is 0. The fourth-order valence-electron chi connectivity index (χ4n) is 2.68. The monoisotopic (exact) mass is 357 g/mol. The molecule has 0 amide bonds. The van der Waals surface area contributed by atoms with Gasteiger partial charge in [-0.25, -0.2) is 4.98 Å². The minimum atomic E-state index is 0.513. The molecular formula is C17H13Cl2N5. The first kappa shape index (κ1) is 15.2. The van der Waals surface area contributed by atoms with E-state index in [1.807, 2.05) is 39.8 Å². The highest BCUT2D eigenvalue weighted by Crippen LogP contribution is 2.32. The SMILES string of the molecule is Clc1ccc(-c2nn(CCn3ccnc3)c3ccncc23)cc1Cl. The van der Waals surface area contributed by atoms with Gasteiger partial charge in [0.25, 0.3) is 0 Å². The van der Waals surface area contributed by atoms with Crippen molar-refractivity contribution in [1.29, 1.82) is 0 Å². The Morgan fingerprint density at radius 3 is 2.67 bits per heavy atom. The number of aryl methyl sites for hydroxylation is 2. The minimum absolute atomic E-state index is 0.513. The molecular weight excluding hydrogens is 345 g/mol. The molecule has 0 aliphatic heterocycles. The fraction of sp³-hybridized carbons (Fsp3) is 0.118. The van der Waals surface area contributed by atoms with Gasteiger partial charge >= 0.3 is 0 Å². The van der Waals surface area contributed by atoms with Crippen molar-refractivity contribution in [3.8, 4) is 11.3 Å². The second-order valence-corrected chi connectivity index (χ2v) is 6.21. The van der Waals surface area contributed by atoms with Crippen LogP contribution in [0.5, 0.6) is 0 Å². The lowest BCUT2D eigenvalue weighted by molar-refractivity contribution is 0.547. The zero-order chi connectivity index (χ0) is 16.5. The van der Waals surface area contributed by atoms with E-state index < -0.39 is 0 Å². The summed E-state index contributed by atoms with van der Waals surface area (Å²) in [6, 6.07) is 7.51. The fourth-order valence-corrected chi connectivity index (χ4v) is 2.98. The van der Waals surface area contributed by atoms with Gasteiger partial charge in [-0.3, -0.25) is 9.67 Å². The van der Waals surface area contributed by atoms with Gasteiger partial charge in [-0.1, -0.05) is 29.3 Å². The number of rotatable bonds is 4. The second kappa shape index (κ2) is 6.26. The van der Waals surface area contributed by atoms with Crippen LogP contribution in [0.1, 0.15) is 0 Å². The van der Waals surface area contributed by atoms with Crippen molar-refractivity contribution in [2.24, 2.45) is 0 Å². The molecule has 1 aromatic carbocycles. The van der Waals surface area contributed by atoms with E-state index >= 15 is 0 Å². The van der Waals surface area contributed by atoms with Crippen molar-refractivity contribution in [3.05, 3.63) is 65.4 Å². The lowest BCUT2D eigenvalue weighted by Gasteiger charge is -2.04. The lowest BCUT2D eigenvalue weighted by atomic mass is 10.1. The number of imidazole rings is 1. The number of pyridine rings is 1. The Labute approximate surface area is 148 Å². The number of aromatic nitrogens is 5. The van der Waals surface area contributed by atoms with Crippen LogP contribution in [0, 0.1) is 0 Å². The van der Waals surface area contributed by atoms with Gasteiger partial charge < -0.3 is 4.57 Å². The molecule has 0 radical (unpaired) electrons. The summed E-state index contributed by atoms with van der Waals surface area (Å²) in [5.41, 5.74) is 2.80. The van der Waals surface area contributed by atoms with E-state index in [1.165, 1.54) is 0 Å². The molecule has 24 heavy (non-hydrogen) atoms. The van der Waals surface area contributed by atoms with Crippen molar-refractivity contribution in [3.63, 3.8) is 0 Å². The molecule has 0 fully saturated rings. The molecule has 0 bridgehead atoms. The van der Waals surface area contributed by atoms with E-state index in [9.17, 15) is 0 Å². The highest BCUT2D eigenvalue weighted by Gasteiger charge is 2.13. The summed E-state index contributed by atoms with van der Waals surface area (Å²) in [4.78, 5) is 8.30. The highest BCUT2D eigenvalue weighted by molar-refractivity contribution is 6.42. The predicted octanol–water partition coefficient (Wildman–Crippen LogP) is 4.30. The van der Waals surface area contributed by atoms with Gasteiger partial charge in [0.05, 0.1) is 28.4 Å². The highest BCUT2D eigenvalue weighted by atomic mass is 35.5. The van der Waals surface area contributed by atoms with Gasteiger partial charge in [-0.15, -0.1) is 0 Å². The van der Waals surface area contributed by atoms with Crippen LogP contribution in [0.3, 0.4) is 0 Å². The van der Waals surface area contributed by atoms with Crippen molar-refractivity contribution < 1.29 is 0 Å². The molecule has 0 spiro atoms. The van der Waals surface area contributed by atoms with Crippen molar-refractivity contribution in [1.82, 2.24) is 24.3 Å². The Morgan fingerprint density at radius 2 is 1.88 bits per heavy atom. The van der Waals surface area contributed by atoms with E-state index in [0.29, 0.717) is 10.0 Å². The molecule has 3 heterocycles. The van der Waals surface area contributed by atoms with Crippen LogP contribution in [0.15, 0.2) is 55.4 Å². The normalized spacial score (nSPS) is 11.2. The second-order valence-electron chi connectivity index (χ2n) is 5.39. The molecule has 4 aromatic rings. The van der Waals surface area contributed by atoms with Gasteiger partial charge in [0.15, 0.2) is 0 Å². The van der Waals surface area contributed by atoms with E-state index in [2.05, 4.69) is 9.97 Å². The maximum absolute atomic E-state index is 6.16. The Balaban J connectivity index is 1.77. The zero-order valence-electron chi connectivity index (χ0n) is 12.6. The number of benzene rings is 1. The van der Waals surface area contributed by atoms with E-state index in [4.69, 9.17) is 28.3 Å². The van der Waals surface area contributed by atoms with Crippen molar-refractivity contribution in [2.75, 3.05) is 0 Å². The molecule has 0 aliphatic rings. The van der Waals surface area contributed by atoms with Gasteiger partial charge in [-0.05, 0) is 18.2 Å². The predicted molar refractivity (Wildman–Crippen MR) is 95.2 cm³/mol. The molecule has 7 heteroatoms.